The molecule has 0 bridgehead atoms. The molecule has 0 spiro atoms. The van der Waals surface area contributed by atoms with Crippen LogP contribution in [0.1, 0.15) is 25.3 Å². The zero-order valence-electron chi connectivity index (χ0n) is 11.5. The van der Waals surface area contributed by atoms with Gasteiger partial charge in [0, 0.05) is 12.0 Å². The van der Waals surface area contributed by atoms with Crippen LogP contribution in [-0.2, 0) is 5.41 Å². The summed E-state index contributed by atoms with van der Waals surface area (Å²) in [5.74, 6) is 0.914. The minimum Gasteiger partial charge on any atom is -0.497 e. The molecule has 0 atom stereocenters. The van der Waals surface area contributed by atoms with Crippen molar-refractivity contribution in [1.82, 2.24) is 4.90 Å². The van der Waals surface area contributed by atoms with Crippen LogP contribution in [0, 0.1) is 0 Å². The van der Waals surface area contributed by atoms with E-state index in [1.807, 2.05) is 12.1 Å². The van der Waals surface area contributed by atoms with E-state index >= 15 is 0 Å². The summed E-state index contributed by atoms with van der Waals surface area (Å²) in [6, 6.07) is 8.43. The van der Waals surface area contributed by atoms with Gasteiger partial charge in [-0.05, 0) is 50.2 Å². The molecule has 1 aliphatic heterocycles. The molecule has 0 unspecified atom stereocenters. The van der Waals surface area contributed by atoms with Crippen molar-refractivity contribution >= 4 is 0 Å². The van der Waals surface area contributed by atoms with E-state index in [1.54, 1.807) is 7.11 Å². The summed E-state index contributed by atoms with van der Waals surface area (Å²) in [4.78, 5) is 2.50. The van der Waals surface area contributed by atoms with Gasteiger partial charge in [0.15, 0.2) is 0 Å². The van der Waals surface area contributed by atoms with E-state index in [-0.39, 0.29) is 5.41 Å². The minimum absolute atomic E-state index is 0.165. The fraction of sp³-hybridized carbons (Fsp3) is 0.600. The highest BCUT2D eigenvalue weighted by atomic mass is 16.5. The third-order valence-electron chi connectivity index (χ3n) is 4.35. The Morgan fingerprint density at radius 2 is 1.83 bits per heavy atom. The summed E-state index contributed by atoms with van der Waals surface area (Å²) in [7, 11) is 1.70. The topological polar surface area (TPSA) is 38.5 Å². The molecule has 100 valence electrons. The van der Waals surface area contributed by atoms with Crippen LogP contribution in [0.3, 0.4) is 0 Å². The molecule has 18 heavy (non-hydrogen) atoms. The Bertz CT molecular complexity index is 367. The number of piperidine rings is 1. The maximum atomic E-state index is 6.08. The molecule has 1 saturated heterocycles. The summed E-state index contributed by atoms with van der Waals surface area (Å²) < 4.78 is 5.22. The summed E-state index contributed by atoms with van der Waals surface area (Å²) in [6.45, 7) is 6.41. The number of likely N-dealkylation sites (tertiary alicyclic amines) is 1. The number of hydrogen-bond acceptors (Lipinski definition) is 3. The van der Waals surface area contributed by atoms with Crippen LogP contribution < -0.4 is 10.5 Å². The average Bonchev–Trinajstić information content (AvgIpc) is 2.47. The fourth-order valence-electron chi connectivity index (χ4n) is 2.85. The third kappa shape index (κ3) is 2.52. The second kappa shape index (κ2) is 5.72. The van der Waals surface area contributed by atoms with Crippen LogP contribution in [-0.4, -0.2) is 38.2 Å². The van der Waals surface area contributed by atoms with E-state index in [2.05, 4.69) is 24.0 Å². The van der Waals surface area contributed by atoms with Crippen LogP contribution >= 0.6 is 0 Å². The van der Waals surface area contributed by atoms with Crippen LogP contribution in [0.15, 0.2) is 24.3 Å². The largest absolute Gasteiger partial charge is 0.497 e. The Morgan fingerprint density at radius 1 is 1.22 bits per heavy atom. The highest BCUT2D eigenvalue weighted by Crippen LogP contribution is 2.35. The lowest BCUT2D eigenvalue weighted by Gasteiger charge is -2.41. The summed E-state index contributed by atoms with van der Waals surface area (Å²) in [5, 5.41) is 0. The van der Waals surface area contributed by atoms with Crippen molar-refractivity contribution in [1.29, 1.82) is 0 Å². The normalized spacial score (nSPS) is 19.7. The highest BCUT2D eigenvalue weighted by molar-refractivity contribution is 5.33. The number of benzene rings is 1. The number of ether oxygens (including phenoxy) is 1. The van der Waals surface area contributed by atoms with Crippen LogP contribution in [0.4, 0.5) is 0 Å². The molecule has 1 heterocycles. The van der Waals surface area contributed by atoms with Gasteiger partial charge >= 0.3 is 0 Å². The number of nitrogens with two attached hydrogens (primary N) is 1. The molecule has 0 radical (unpaired) electrons. The van der Waals surface area contributed by atoms with Gasteiger partial charge < -0.3 is 15.4 Å². The maximum absolute atomic E-state index is 6.08. The number of rotatable bonds is 4. The first-order chi connectivity index (χ1) is 8.74. The van der Waals surface area contributed by atoms with Gasteiger partial charge in [-0.1, -0.05) is 19.1 Å². The van der Waals surface area contributed by atoms with Crippen molar-refractivity contribution in [3.05, 3.63) is 29.8 Å². The maximum Gasteiger partial charge on any atom is 0.118 e. The second-order valence-electron chi connectivity index (χ2n) is 5.15. The lowest BCUT2D eigenvalue weighted by molar-refractivity contribution is 0.169. The molecule has 3 heteroatoms. The van der Waals surface area contributed by atoms with E-state index < -0.39 is 0 Å². The molecule has 2 rings (SSSR count). The van der Waals surface area contributed by atoms with Gasteiger partial charge in [0.2, 0.25) is 0 Å². The molecule has 0 aliphatic carbocycles. The molecule has 1 fully saturated rings. The van der Waals surface area contributed by atoms with Gasteiger partial charge in [-0.15, -0.1) is 0 Å². The predicted octanol–water partition coefficient (Wildman–Crippen LogP) is 2.01. The van der Waals surface area contributed by atoms with Crippen LogP contribution in [0.2, 0.25) is 0 Å². The Morgan fingerprint density at radius 3 is 2.28 bits per heavy atom. The molecule has 0 amide bonds. The lowest BCUT2D eigenvalue weighted by atomic mass is 9.73. The Hall–Kier alpha value is -1.06. The zero-order valence-corrected chi connectivity index (χ0v) is 11.5. The molecule has 0 aromatic heterocycles. The van der Waals surface area contributed by atoms with Gasteiger partial charge in [0.05, 0.1) is 7.11 Å². The standard InChI is InChI=1S/C15H24N2O/c1-3-17-10-8-15(12-16,9-11-17)13-4-6-14(18-2)7-5-13/h4-7H,3,8-12,16H2,1-2H3. The molecule has 1 aliphatic rings. The summed E-state index contributed by atoms with van der Waals surface area (Å²) in [6.07, 6.45) is 2.31. The SMILES string of the molecule is CCN1CCC(CN)(c2ccc(OC)cc2)CC1. The van der Waals surface area contributed by atoms with Crippen molar-refractivity contribution in [2.24, 2.45) is 5.73 Å². The first kappa shape index (κ1) is 13.4. The highest BCUT2D eigenvalue weighted by Gasteiger charge is 2.34. The Labute approximate surface area is 110 Å². The van der Waals surface area contributed by atoms with E-state index in [1.165, 1.54) is 5.56 Å². The van der Waals surface area contributed by atoms with Gasteiger partial charge in [-0.2, -0.15) is 0 Å². The molecule has 1 aromatic rings. The smallest absolute Gasteiger partial charge is 0.118 e. The van der Waals surface area contributed by atoms with E-state index in [9.17, 15) is 0 Å². The molecular formula is C15H24N2O. The fourth-order valence-corrected chi connectivity index (χ4v) is 2.85. The quantitative estimate of drug-likeness (QED) is 0.886. The second-order valence-corrected chi connectivity index (χ2v) is 5.15. The Kier molecular flexibility index (Phi) is 4.25. The van der Waals surface area contributed by atoms with E-state index in [0.29, 0.717) is 0 Å². The van der Waals surface area contributed by atoms with Crippen LogP contribution in [0.5, 0.6) is 5.75 Å². The average molecular weight is 248 g/mol. The number of methoxy groups -OCH3 is 1. The van der Waals surface area contributed by atoms with Crippen molar-refractivity contribution in [3.63, 3.8) is 0 Å². The van der Waals surface area contributed by atoms with Crippen LogP contribution in [0.25, 0.3) is 0 Å². The molecule has 2 N–H and O–H groups in total. The molecular weight excluding hydrogens is 224 g/mol. The summed E-state index contributed by atoms with van der Waals surface area (Å²) in [5.41, 5.74) is 7.61. The minimum atomic E-state index is 0.165. The zero-order chi connectivity index (χ0) is 13.0. The number of hydrogen-bond donors (Lipinski definition) is 1. The van der Waals surface area contributed by atoms with Crippen molar-refractivity contribution in [2.45, 2.75) is 25.2 Å². The molecule has 0 saturated carbocycles. The third-order valence-corrected chi connectivity index (χ3v) is 4.35. The lowest BCUT2D eigenvalue weighted by Crippen LogP contribution is -2.46. The van der Waals surface area contributed by atoms with Gasteiger partial charge in [-0.3, -0.25) is 0 Å². The Balaban J connectivity index is 2.16. The monoisotopic (exact) mass is 248 g/mol. The van der Waals surface area contributed by atoms with Crippen molar-refractivity contribution in [2.75, 3.05) is 33.3 Å². The van der Waals surface area contributed by atoms with Gasteiger partial charge in [0.1, 0.15) is 5.75 Å². The van der Waals surface area contributed by atoms with Gasteiger partial charge in [0.25, 0.3) is 0 Å². The molecule has 3 nitrogen and oxygen atoms in total. The van der Waals surface area contributed by atoms with E-state index in [0.717, 1.165) is 44.8 Å². The summed E-state index contributed by atoms with van der Waals surface area (Å²) >= 11 is 0. The number of nitrogens with zero attached hydrogens (tertiary/aromatic N) is 1. The van der Waals surface area contributed by atoms with Crippen molar-refractivity contribution in [3.8, 4) is 5.75 Å². The first-order valence-corrected chi connectivity index (χ1v) is 6.81. The van der Waals surface area contributed by atoms with Crippen molar-refractivity contribution < 1.29 is 4.74 Å². The predicted molar refractivity (Wildman–Crippen MR) is 75.1 cm³/mol. The molecule has 1 aromatic carbocycles. The van der Waals surface area contributed by atoms with Gasteiger partial charge in [-0.25, -0.2) is 0 Å². The van der Waals surface area contributed by atoms with E-state index in [4.69, 9.17) is 10.5 Å². The first-order valence-electron chi connectivity index (χ1n) is 6.81.